The standard InChI is InChI=1S/C23H22FN5O5S/c1-14-21-16(13-18(19-4-3-9-34-19)26-22(21)28(2)27-14)23(30)25-15-5-6-17(24)20(12-15)35(31,32)29-7-10-33-11-8-29/h3-6,9,12-13H,7-8,10-11H2,1-2H3,(H,25,30). The van der Waals surface area contributed by atoms with E-state index in [2.05, 4.69) is 15.4 Å². The highest BCUT2D eigenvalue weighted by atomic mass is 32.2. The summed E-state index contributed by atoms with van der Waals surface area (Å²) in [5.74, 6) is -0.952. The molecule has 0 unspecified atom stereocenters. The normalized spacial score (nSPS) is 14.9. The predicted octanol–water partition coefficient (Wildman–Crippen LogP) is 2.95. The lowest BCUT2D eigenvalue weighted by Gasteiger charge is -2.26. The Kier molecular flexibility index (Phi) is 5.87. The van der Waals surface area contributed by atoms with Crippen molar-refractivity contribution in [1.82, 2.24) is 19.1 Å². The van der Waals surface area contributed by atoms with Gasteiger partial charge < -0.3 is 14.5 Å². The van der Waals surface area contributed by atoms with E-state index in [1.165, 1.54) is 16.6 Å². The number of furan rings is 1. The number of ether oxygens (including phenoxy) is 1. The molecule has 10 nitrogen and oxygen atoms in total. The molecule has 0 spiro atoms. The molecule has 4 heterocycles. The molecule has 1 amide bonds. The van der Waals surface area contributed by atoms with Crippen LogP contribution in [0.15, 0.2) is 52.0 Å². The fraction of sp³-hybridized carbons (Fsp3) is 0.261. The number of hydrogen-bond acceptors (Lipinski definition) is 7. The number of amides is 1. The average molecular weight is 500 g/mol. The summed E-state index contributed by atoms with van der Waals surface area (Å²) in [5, 5.41) is 7.61. The van der Waals surface area contributed by atoms with Crippen LogP contribution in [-0.4, -0.2) is 59.7 Å². The Hall–Kier alpha value is -3.61. The number of carbonyl (C=O) groups excluding carboxylic acids is 1. The second-order valence-electron chi connectivity index (χ2n) is 8.06. The summed E-state index contributed by atoms with van der Waals surface area (Å²) < 4.78 is 54.0. The molecule has 0 saturated carbocycles. The van der Waals surface area contributed by atoms with E-state index < -0.39 is 26.6 Å². The van der Waals surface area contributed by atoms with E-state index >= 15 is 0 Å². The molecule has 35 heavy (non-hydrogen) atoms. The maximum atomic E-state index is 14.6. The van der Waals surface area contributed by atoms with Gasteiger partial charge in [-0.25, -0.2) is 17.8 Å². The van der Waals surface area contributed by atoms with Crippen molar-refractivity contribution in [1.29, 1.82) is 0 Å². The number of hydrogen-bond donors (Lipinski definition) is 1. The van der Waals surface area contributed by atoms with E-state index in [9.17, 15) is 17.6 Å². The Balaban J connectivity index is 1.53. The summed E-state index contributed by atoms with van der Waals surface area (Å²) in [6.07, 6.45) is 1.50. The van der Waals surface area contributed by atoms with Crippen molar-refractivity contribution in [2.24, 2.45) is 7.05 Å². The minimum Gasteiger partial charge on any atom is -0.463 e. The number of morpholine rings is 1. The van der Waals surface area contributed by atoms with E-state index in [-0.39, 0.29) is 37.6 Å². The zero-order valence-corrected chi connectivity index (χ0v) is 19.8. The van der Waals surface area contributed by atoms with Crippen LogP contribution in [0.2, 0.25) is 0 Å². The molecule has 0 radical (unpaired) electrons. The number of rotatable bonds is 5. The lowest BCUT2D eigenvalue weighted by atomic mass is 10.1. The molecule has 182 valence electrons. The molecule has 1 N–H and O–H groups in total. The Labute approximate surface area is 200 Å². The number of aryl methyl sites for hydroxylation is 2. The molecule has 0 atom stereocenters. The second-order valence-corrected chi connectivity index (χ2v) is 9.96. The highest BCUT2D eigenvalue weighted by Crippen LogP contribution is 2.29. The molecule has 1 aliphatic rings. The number of sulfonamides is 1. The number of nitrogens with one attached hydrogen (secondary N) is 1. The smallest absolute Gasteiger partial charge is 0.256 e. The summed E-state index contributed by atoms with van der Waals surface area (Å²) in [6.45, 7) is 2.49. The maximum Gasteiger partial charge on any atom is 0.256 e. The van der Waals surface area contributed by atoms with Crippen LogP contribution in [0.25, 0.3) is 22.5 Å². The molecular weight excluding hydrogens is 477 g/mol. The number of fused-ring (bicyclic) bond motifs is 1. The first-order chi connectivity index (χ1) is 16.8. The van der Waals surface area contributed by atoms with Gasteiger partial charge >= 0.3 is 0 Å². The first-order valence-electron chi connectivity index (χ1n) is 10.8. The second kappa shape index (κ2) is 8.87. The number of nitrogens with zero attached hydrogens (tertiary/aromatic N) is 4. The molecule has 1 aromatic carbocycles. The molecular formula is C23H22FN5O5S. The Morgan fingerprint density at radius 2 is 1.94 bits per heavy atom. The summed E-state index contributed by atoms with van der Waals surface area (Å²) in [7, 11) is -2.38. The van der Waals surface area contributed by atoms with E-state index in [0.717, 1.165) is 12.1 Å². The van der Waals surface area contributed by atoms with Crippen LogP contribution in [0.4, 0.5) is 10.1 Å². The first kappa shape index (κ1) is 23.1. The number of aromatic nitrogens is 3. The van der Waals surface area contributed by atoms with Crippen LogP contribution in [0.5, 0.6) is 0 Å². The van der Waals surface area contributed by atoms with E-state index in [1.54, 1.807) is 36.9 Å². The fourth-order valence-corrected chi connectivity index (χ4v) is 5.58. The van der Waals surface area contributed by atoms with Crippen molar-refractivity contribution < 1.29 is 26.8 Å². The van der Waals surface area contributed by atoms with Gasteiger partial charge in [0.05, 0.1) is 36.1 Å². The quantitative estimate of drug-likeness (QED) is 0.448. The van der Waals surface area contributed by atoms with Gasteiger partial charge in [-0.1, -0.05) is 0 Å². The Morgan fingerprint density at radius 1 is 1.17 bits per heavy atom. The molecule has 0 aliphatic carbocycles. The number of anilines is 1. The van der Waals surface area contributed by atoms with Gasteiger partial charge in [0, 0.05) is 25.8 Å². The number of carbonyl (C=O) groups is 1. The van der Waals surface area contributed by atoms with Gasteiger partial charge in [-0.15, -0.1) is 0 Å². The largest absolute Gasteiger partial charge is 0.463 e. The van der Waals surface area contributed by atoms with E-state index in [0.29, 0.717) is 28.2 Å². The molecule has 1 aliphatic heterocycles. The summed E-state index contributed by atoms with van der Waals surface area (Å²) in [4.78, 5) is 17.5. The molecule has 12 heteroatoms. The number of pyridine rings is 1. The van der Waals surface area contributed by atoms with E-state index in [4.69, 9.17) is 9.15 Å². The van der Waals surface area contributed by atoms with Crippen LogP contribution >= 0.6 is 0 Å². The SMILES string of the molecule is Cc1nn(C)c2nc(-c3ccco3)cc(C(=O)Nc3ccc(F)c(S(=O)(=O)N4CCOCC4)c3)c12. The maximum absolute atomic E-state index is 14.6. The van der Waals surface area contributed by atoms with Crippen molar-refractivity contribution in [2.75, 3.05) is 31.6 Å². The van der Waals surface area contributed by atoms with Crippen molar-refractivity contribution >= 4 is 32.7 Å². The summed E-state index contributed by atoms with van der Waals surface area (Å²) >= 11 is 0. The average Bonchev–Trinajstić information content (AvgIpc) is 3.49. The Bertz CT molecular complexity index is 1530. The van der Waals surface area contributed by atoms with Gasteiger partial charge in [0.15, 0.2) is 11.4 Å². The monoisotopic (exact) mass is 499 g/mol. The van der Waals surface area contributed by atoms with Crippen LogP contribution in [-0.2, 0) is 21.8 Å². The molecule has 4 aromatic rings. The van der Waals surface area contributed by atoms with Crippen LogP contribution in [0.1, 0.15) is 16.1 Å². The third kappa shape index (κ3) is 4.20. The minimum absolute atomic E-state index is 0.128. The fourth-order valence-electron chi connectivity index (χ4n) is 4.08. The number of halogens is 1. The zero-order chi connectivity index (χ0) is 24.7. The van der Waals surface area contributed by atoms with Crippen LogP contribution in [0.3, 0.4) is 0 Å². The molecule has 5 rings (SSSR count). The predicted molar refractivity (Wildman–Crippen MR) is 125 cm³/mol. The molecule has 3 aromatic heterocycles. The third-order valence-electron chi connectivity index (χ3n) is 5.76. The minimum atomic E-state index is -4.10. The highest BCUT2D eigenvalue weighted by molar-refractivity contribution is 7.89. The van der Waals surface area contributed by atoms with Gasteiger partial charge in [0.2, 0.25) is 10.0 Å². The molecule has 1 fully saturated rings. The summed E-state index contributed by atoms with van der Waals surface area (Å²) in [6, 6.07) is 8.48. The lowest BCUT2D eigenvalue weighted by molar-refractivity contribution is 0.0729. The van der Waals surface area contributed by atoms with Crippen molar-refractivity contribution in [3.8, 4) is 11.5 Å². The van der Waals surface area contributed by atoms with Gasteiger partial charge in [-0.2, -0.15) is 9.40 Å². The third-order valence-corrected chi connectivity index (χ3v) is 7.68. The van der Waals surface area contributed by atoms with Crippen LogP contribution in [0, 0.1) is 12.7 Å². The lowest BCUT2D eigenvalue weighted by Crippen LogP contribution is -2.40. The summed E-state index contributed by atoms with van der Waals surface area (Å²) in [5.41, 5.74) is 1.92. The van der Waals surface area contributed by atoms with Crippen LogP contribution < -0.4 is 5.32 Å². The Morgan fingerprint density at radius 3 is 2.66 bits per heavy atom. The zero-order valence-electron chi connectivity index (χ0n) is 19.0. The number of benzene rings is 1. The van der Waals surface area contributed by atoms with E-state index in [1.807, 2.05) is 0 Å². The topological polar surface area (TPSA) is 120 Å². The molecule has 0 bridgehead atoms. The van der Waals surface area contributed by atoms with Gasteiger partial charge in [-0.05, 0) is 43.3 Å². The van der Waals surface area contributed by atoms with Crippen molar-refractivity contribution in [2.45, 2.75) is 11.8 Å². The van der Waals surface area contributed by atoms with Gasteiger partial charge in [0.1, 0.15) is 16.4 Å². The molecule has 1 saturated heterocycles. The van der Waals surface area contributed by atoms with Crippen molar-refractivity contribution in [3.63, 3.8) is 0 Å². The first-order valence-corrected chi connectivity index (χ1v) is 12.3. The van der Waals surface area contributed by atoms with Crippen molar-refractivity contribution in [3.05, 3.63) is 59.7 Å². The highest BCUT2D eigenvalue weighted by Gasteiger charge is 2.29. The van der Waals surface area contributed by atoms with Gasteiger partial charge in [-0.3, -0.25) is 9.48 Å². The van der Waals surface area contributed by atoms with Gasteiger partial charge in [0.25, 0.3) is 5.91 Å².